The van der Waals surface area contributed by atoms with Crippen molar-refractivity contribution < 1.29 is 13.5 Å². The number of hydrogen-bond donors (Lipinski definition) is 1. The van der Waals surface area contributed by atoms with Crippen molar-refractivity contribution >= 4 is 15.9 Å². The van der Waals surface area contributed by atoms with Gasteiger partial charge in [-0.1, -0.05) is 19.9 Å². The van der Waals surface area contributed by atoms with Crippen LogP contribution in [-0.4, -0.2) is 19.8 Å². The molecule has 0 bridgehead atoms. The fourth-order valence-corrected chi connectivity index (χ4v) is 2.26. The summed E-state index contributed by atoms with van der Waals surface area (Å²) >= 11 is 3.10. The summed E-state index contributed by atoms with van der Waals surface area (Å²) in [5.74, 6) is -1.71. The van der Waals surface area contributed by atoms with Gasteiger partial charge in [-0.3, -0.25) is 0 Å². The molecule has 1 unspecified atom stereocenters. The molecule has 0 aromatic heterocycles. The molecule has 0 aliphatic rings. The van der Waals surface area contributed by atoms with Crippen LogP contribution in [0.15, 0.2) is 16.6 Å². The van der Waals surface area contributed by atoms with Gasteiger partial charge < -0.3 is 10.1 Å². The molecule has 0 fully saturated rings. The van der Waals surface area contributed by atoms with Crippen molar-refractivity contribution in [3.8, 4) is 0 Å². The average molecular weight is 322 g/mol. The molecule has 5 heteroatoms. The highest BCUT2D eigenvalue weighted by molar-refractivity contribution is 9.10. The monoisotopic (exact) mass is 321 g/mol. The number of nitrogens with one attached hydrogen (secondary N) is 1. The Morgan fingerprint density at radius 2 is 2.06 bits per heavy atom. The van der Waals surface area contributed by atoms with Gasteiger partial charge in [0.1, 0.15) is 0 Å². The largest absolute Gasteiger partial charge is 0.379 e. The summed E-state index contributed by atoms with van der Waals surface area (Å²) in [6.07, 6.45) is 0.928. The lowest BCUT2D eigenvalue weighted by atomic mass is 10.1. The van der Waals surface area contributed by atoms with Gasteiger partial charge in [-0.2, -0.15) is 0 Å². The minimum Gasteiger partial charge on any atom is -0.379 e. The van der Waals surface area contributed by atoms with Crippen molar-refractivity contribution in [2.75, 3.05) is 19.8 Å². The fourth-order valence-electron chi connectivity index (χ4n) is 1.66. The van der Waals surface area contributed by atoms with Crippen molar-refractivity contribution in [2.45, 2.75) is 26.3 Å². The van der Waals surface area contributed by atoms with E-state index in [9.17, 15) is 8.78 Å². The molecule has 1 N–H and O–H groups in total. The zero-order chi connectivity index (χ0) is 13.5. The standard InChI is InChI=1S/C13H18BrF2NO/c1-3-7-18-8-11(17-4-2)9-5-6-10(15)13(16)12(9)14/h5-6,11,17H,3-4,7-8H2,1-2H3. The molecule has 0 radical (unpaired) electrons. The molecule has 0 amide bonds. The van der Waals surface area contributed by atoms with Crippen LogP contribution in [0.4, 0.5) is 8.78 Å². The van der Waals surface area contributed by atoms with Gasteiger partial charge in [0.25, 0.3) is 0 Å². The first-order valence-corrected chi connectivity index (χ1v) is 6.85. The predicted molar refractivity (Wildman–Crippen MR) is 71.6 cm³/mol. The Hall–Kier alpha value is -0.520. The summed E-state index contributed by atoms with van der Waals surface area (Å²) < 4.78 is 32.2. The zero-order valence-electron chi connectivity index (χ0n) is 10.6. The molecular weight excluding hydrogens is 304 g/mol. The lowest BCUT2D eigenvalue weighted by molar-refractivity contribution is 0.112. The van der Waals surface area contributed by atoms with E-state index < -0.39 is 11.6 Å². The van der Waals surface area contributed by atoms with E-state index in [1.807, 2.05) is 13.8 Å². The number of halogens is 3. The topological polar surface area (TPSA) is 21.3 Å². The van der Waals surface area contributed by atoms with E-state index in [2.05, 4.69) is 21.2 Å². The van der Waals surface area contributed by atoms with E-state index in [0.29, 0.717) is 18.8 Å². The van der Waals surface area contributed by atoms with Crippen LogP contribution in [0.5, 0.6) is 0 Å². The van der Waals surface area contributed by atoms with Crippen LogP contribution >= 0.6 is 15.9 Å². The second kappa shape index (κ2) is 7.81. The molecular formula is C13H18BrF2NO. The maximum absolute atomic E-state index is 13.5. The molecule has 2 nitrogen and oxygen atoms in total. The van der Waals surface area contributed by atoms with Gasteiger partial charge in [-0.25, -0.2) is 8.78 Å². The van der Waals surface area contributed by atoms with Gasteiger partial charge >= 0.3 is 0 Å². The summed E-state index contributed by atoms with van der Waals surface area (Å²) in [5, 5.41) is 3.20. The Labute approximate surface area is 115 Å². The molecule has 18 heavy (non-hydrogen) atoms. The Bertz CT molecular complexity index is 387. The average Bonchev–Trinajstić information content (AvgIpc) is 2.36. The van der Waals surface area contributed by atoms with Gasteiger partial charge in [0, 0.05) is 6.61 Å². The predicted octanol–water partition coefficient (Wildman–Crippen LogP) is 3.80. The second-order valence-corrected chi connectivity index (χ2v) is 4.74. The highest BCUT2D eigenvalue weighted by Crippen LogP contribution is 2.28. The molecule has 0 heterocycles. The van der Waals surface area contributed by atoms with Crippen LogP contribution in [0.25, 0.3) is 0 Å². The highest BCUT2D eigenvalue weighted by Gasteiger charge is 2.18. The molecule has 1 rings (SSSR count). The molecule has 0 spiro atoms. The second-order valence-electron chi connectivity index (χ2n) is 3.95. The minimum absolute atomic E-state index is 0.147. The number of likely N-dealkylation sites (N-methyl/N-ethyl adjacent to an activating group) is 1. The maximum Gasteiger partial charge on any atom is 0.173 e. The third-order valence-electron chi connectivity index (χ3n) is 2.52. The molecule has 1 aromatic carbocycles. The summed E-state index contributed by atoms with van der Waals surface area (Å²) in [6, 6.07) is 2.57. The van der Waals surface area contributed by atoms with Crippen molar-refractivity contribution in [3.63, 3.8) is 0 Å². The summed E-state index contributed by atoms with van der Waals surface area (Å²) in [5.41, 5.74) is 0.673. The maximum atomic E-state index is 13.5. The van der Waals surface area contributed by atoms with Crippen LogP contribution in [-0.2, 0) is 4.74 Å². The molecule has 0 saturated heterocycles. The van der Waals surface area contributed by atoms with E-state index in [-0.39, 0.29) is 10.5 Å². The normalized spacial score (nSPS) is 12.7. The summed E-state index contributed by atoms with van der Waals surface area (Å²) in [6.45, 7) is 5.80. The van der Waals surface area contributed by atoms with Gasteiger partial charge in [0.15, 0.2) is 11.6 Å². The molecule has 1 atom stereocenters. The number of ether oxygens (including phenoxy) is 1. The van der Waals surface area contributed by atoms with Crippen molar-refractivity contribution in [1.29, 1.82) is 0 Å². The highest BCUT2D eigenvalue weighted by atomic mass is 79.9. The first-order valence-electron chi connectivity index (χ1n) is 6.06. The molecule has 0 saturated carbocycles. The van der Waals surface area contributed by atoms with Crippen molar-refractivity contribution in [2.24, 2.45) is 0 Å². The fraction of sp³-hybridized carbons (Fsp3) is 0.538. The van der Waals surface area contributed by atoms with Crippen LogP contribution < -0.4 is 5.32 Å². The van der Waals surface area contributed by atoms with Crippen LogP contribution in [0.1, 0.15) is 31.9 Å². The van der Waals surface area contributed by atoms with Gasteiger partial charge in [0.05, 0.1) is 17.1 Å². The van der Waals surface area contributed by atoms with Gasteiger partial charge in [-0.15, -0.1) is 0 Å². The van der Waals surface area contributed by atoms with Crippen LogP contribution in [0, 0.1) is 11.6 Å². The Morgan fingerprint density at radius 3 is 2.67 bits per heavy atom. The van der Waals surface area contributed by atoms with E-state index >= 15 is 0 Å². The molecule has 102 valence electrons. The Morgan fingerprint density at radius 1 is 1.33 bits per heavy atom. The van der Waals surface area contributed by atoms with Gasteiger partial charge in [0.2, 0.25) is 0 Å². The smallest absolute Gasteiger partial charge is 0.173 e. The van der Waals surface area contributed by atoms with E-state index in [0.717, 1.165) is 19.0 Å². The van der Waals surface area contributed by atoms with Crippen molar-refractivity contribution in [1.82, 2.24) is 5.32 Å². The first-order chi connectivity index (χ1) is 8.61. The molecule has 0 aliphatic carbocycles. The first kappa shape index (κ1) is 15.5. The van der Waals surface area contributed by atoms with Crippen LogP contribution in [0.2, 0.25) is 0 Å². The third-order valence-corrected chi connectivity index (χ3v) is 3.33. The van der Waals surface area contributed by atoms with Crippen molar-refractivity contribution in [3.05, 3.63) is 33.8 Å². The Balaban J connectivity index is 2.87. The number of hydrogen-bond acceptors (Lipinski definition) is 2. The molecule has 0 aliphatic heterocycles. The molecule has 1 aromatic rings. The summed E-state index contributed by atoms with van der Waals surface area (Å²) in [7, 11) is 0. The van der Waals surface area contributed by atoms with Crippen LogP contribution in [0.3, 0.4) is 0 Å². The Kier molecular flexibility index (Phi) is 6.75. The minimum atomic E-state index is -0.856. The number of rotatable bonds is 7. The van der Waals surface area contributed by atoms with E-state index in [1.54, 1.807) is 6.07 Å². The lowest BCUT2D eigenvalue weighted by Crippen LogP contribution is -2.26. The SMILES string of the molecule is CCCOCC(NCC)c1ccc(F)c(F)c1Br. The summed E-state index contributed by atoms with van der Waals surface area (Å²) in [4.78, 5) is 0. The number of benzene rings is 1. The zero-order valence-corrected chi connectivity index (χ0v) is 12.2. The van der Waals surface area contributed by atoms with Gasteiger partial charge in [-0.05, 0) is 40.5 Å². The third kappa shape index (κ3) is 4.00. The van der Waals surface area contributed by atoms with E-state index in [1.165, 1.54) is 0 Å². The lowest BCUT2D eigenvalue weighted by Gasteiger charge is -2.20. The quantitative estimate of drug-likeness (QED) is 0.609. The van der Waals surface area contributed by atoms with E-state index in [4.69, 9.17) is 4.74 Å².